The monoisotopic (exact) mass is 447 g/mol. The van der Waals surface area contributed by atoms with Crippen LogP contribution in [0.1, 0.15) is 45.4 Å². The molecule has 10 heteroatoms. The van der Waals surface area contributed by atoms with Gasteiger partial charge in [-0.3, -0.25) is 4.79 Å². The van der Waals surface area contributed by atoms with Crippen LogP contribution in [-0.4, -0.2) is 50.4 Å². The average Bonchev–Trinajstić information content (AvgIpc) is 3.22. The van der Waals surface area contributed by atoms with Crippen LogP contribution in [0.5, 0.6) is 0 Å². The predicted octanol–water partition coefficient (Wildman–Crippen LogP) is 2.18. The van der Waals surface area contributed by atoms with Gasteiger partial charge < -0.3 is 15.5 Å². The van der Waals surface area contributed by atoms with Crippen LogP contribution < -0.4 is 15.4 Å². The van der Waals surface area contributed by atoms with Crippen LogP contribution in [-0.2, 0) is 14.8 Å². The summed E-state index contributed by atoms with van der Waals surface area (Å²) < 4.78 is 27.0. The average molecular weight is 448 g/mol. The van der Waals surface area contributed by atoms with Crippen molar-refractivity contribution in [1.29, 1.82) is 5.26 Å². The summed E-state index contributed by atoms with van der Waals surface area (Å²) in [5, 5.41) is 14.8. The van der Waals surface area contributed by atoms with Gasteiger partial charge in [0.05, 0.1) is 17.5 Å². The Kier molecular flexibility index (Phi) is 7.38. The summed E-state index contributed by atoms with van der Waals surface area (Å²) in [5.41, 5.74) is 0.570. The zero-order chi connectivity index (χ0) is 22.4. The van der Waals surface area contributed by atoms with Crippen LogP contribution in [0.15, 0.2) is 29.2 Å². The van der Waals surface area contributed by atoms with Crippen molar-refractivity contribution in [2.75, 3.05) is 18.4 Å². The van der Waals surface area contributed by atoms with Gasteiger partial charge in [-0.05, 0) is 68.7 Å². The van der Waals surface area contributed by atoms with Crippen molar-refractivity contribution in [2.45, 2.75) is 62.4 Å². The van der Waals surface area contributed by atoms with Gasteiger partial charge in [-0.1, -0.05) is 6.92 Å². The van der Waals surface area contributed by atoms with E-state index in [4.69, 9.17) is 5.26 Å². The van der Waals surface area contributed by atoms with Crippen molar-refractivity contribution < 1.29 is 18.0 Å². The number of nitrogens with one attached hydrogen (secondary N) is 3. The SMILES string of the molecule is CC1CCC(NC(=O)NS(=O)(=O)c2ccc(NCC(=O)N3CCC[C@H]3C#N)cc2)CC1. The smallest absolute Gasteiger partial charge is 0.328 e. The summed E-state index contributed by atoms with van der Waals surface area (Å²) in [4.78, 5) is 25.9. The van der Waals surface area contributed by atoms with Crippen LogP contribution >= 0.6 is 0 Å². The number of hydrogen-bond donors (Lipinski definition) is 3. The van der Waals surface area contributed by atoms with E-state index in [9.17, 15) is 18.0 Å². The molecular weight excluding hydrogens is 418 g/mol. The fourth-order valence-electron chi connectivity index (χ4n) is 4.03. The number of nitriles is 1. The molecule has 0 unspecified atom stereocenters. The molecule has 0 spiro atoms. The maximum Gasteiger partial charge on any atom is 0.328 e. The molecule has 1 atom stereocenters. The summed E-state index contributed by atoms with van der Waals surface area (Å²) in [5.74, 6) is 0.464. The van der Waals surface area contributed by atoms with E-state index in [1.165, 1.54) is 24.3 Å². The number of carbonyl (C=O) groups excluding carboxylic acids is 2. The van der Waals surface area contributed by atoms with Gasteiger partial charge in [0.2, 0.25) is 5.91 Å². The molecule has 1 saturated heterocycles. The Bertz CT molecular complexity index is 934. The van der Waals surface area contributed by atoms with Gasteiger partial charge in [0.1, 0.15) is 6.04 Å². The van der Waals surface area contributed by atoms with E-state index < -0.39 is 16.1 Å². The normalized spacial score (nSPS) is 23.6. The Morgan fingerprint density at radius 3 is 2.45 bits per heavy atom. The first-order valence-electron chi connectivity index (χ1n) is 10.6. The molecule has 2 aliphatic rings. The number of likely N-dealkylation sites (tertiary alicyclic amines) is 1. The van der Waals surface area contributed by atoms with Gasteiger partial charge in [0.15, 0.2) is 0 Å². The molecule has 1 saturated carbocycles. The van der Waals surface area contributed by atoms with Crippen molar-refractivity contribution in [1.82, 2.24) is 14.9 Å². The molecule has 168 valence electrons. The van der Waals surface area contributed by atoms with Crippen LogP contribution in [0, 0.1) is 17.2 Å². The number of carbonyl (C=O) groups is 2. The number of anilines is 1. The molecule has 3 N–H and O–H groups in total. The Hall–Kier alpha value is -2.80. The lowest BCUT2D eigenvalue weighted by atomic mass is 9.87. The van der Waals surface area contributed by atoms with Crippen LogP contribution in [0.25, 0.3) is 0 Å². The molecule has 3 amide bonds. The topological polar surface area (TPSA) is 131 Å². The third-order valence-electron chi connectivity index (χ3n) is 5.91. The van der Waals surface area contributed by atoms with E-state index >= 15 is 0 Å². The van der Waals surface area contributed by atoms with Gasteiger partial charge in [-0.2, -0.15) is 5.26 Å². The molecule has 3 rings (SSSR count). The molecule has 1 heterocycles. The minimum Gasteiger partial charge on any atom is -0.376 e. The van der Waals surface area contributed by atoms with Crippen molar-refractivity contribution in [2.24, 2.45) is 5.92 Å². The standard InChI is InChI=1S/C21H29N5O4S/c1-15-4-6-17(7-5-15)24-21(28)25-31(29,30)19-10-8-16(9-11-19)23-14-20(27)26-12-2-3-18(26)13-22/h8-11,15,17-18,23H,2-7,12,14H2,1H3,(H2,24,25,28)/t15?,17?,18-/m0/s1. The summed E-state index contributed by atoms with van der Waals surface area (Å²) >= 11 is 0. The second-order valence-corrected chi connectivity index (χ2v) is 9.97. The van der Waals surface area contributed by atoms with Crippen molar-refractivity contribution in [3.63, 3.8) is 0 Å². The van der Waals surface area contributed by atoms with Gasteiger partial charge in [-0.15, -0.1) is 0 Å². The summed E-state index contributed by atoms with van der Waals surface area (Å²) in [6.45, 7) is 2.76. The van der Waals surface area contributed by atoms with Crippen LogP contribution in [0.2, 0.25) is 0 Å². The molecule has 1 aromatic rings. The number of urea groups is 1. The maximum atomic E-state index is 12.5. The number of rotatable bonds is 6. The fraction of sp³-hybridized carbons (Fsp3) is 0.571. The fourth-order valence-corrected chi connectivity index (χ4v) is 4.95. The zero-order valence-corrected chi connectivity index (χ0v) is 18.5. The Labute approximate surface area is 183 Å². The number of amides is 3. The molecule has 1 aromatic carbocycles. The summed E-state index contributed by atoms with van der Waals surface area (Å²) in [7, 11) is -3.99. The van der Waals surface area contributed by atoms with E-state index in [1.54, 1.807) is 4.90 Å². The third-order valence-corrected chi connectivity index (χ3v) is 7.26. The highest BCUT2D eigenvalue weighted by Gasteiger charge is 2.28. The zero-order valence-electron chi connectivity index (χ0n) is 17.6. The van der Waals surface area contributed by atoms with E-state index in [-0.39, 0.29) is 29.4 Å². The molecule has 1 aliphatic heterocycles. The second kappa shape index (κ2) is 10.0. The number of hydrogen-bond acceptors (Lipinski definition) is 6. The van der Waals surface area contributed by atoms with Gasteiger partial charge >= 0.3 is 6.03 Å². The Balaban J connectivity index is 1.50. The largest absolute Gasteiger partial charge is 0.376 e. The van der Waals surface area contributed by atoms with E-state index in [0.717, 1.165) is 32.1 Å². The van der Waals surface area contributed by atoms with E-state index in [0.29, 0.717) is 24.6 Å². The second-order valence-electron chi connectivity index (χ2n) is 8.29. The first-order chi connectivity index (χ1) is 14.8. The van der Waals surface area contributed by atoms with Crippen molar-refractivity contribution in [3.05, 3.63) is 24.3 Å². The van der Waals surface area contributed by atoms with Crippen molar-refractivity contribution in [3.8, 4) is 6.07 Å². The minimum atomic E-state index is -3.99. The first kappa shape index (κ1) is 22.9. The molecule has 2 fully saturated rings. The van der Waals surface area contributed by atoms with Crippen LogP contribution in [0.4, 0.5) is 10.5 Å². The molecular formula is C21H29N5O4S. The third kappa shape index (κ3) is 6.10. The molecule has 0 aromatic heterocycles. The molecule has 9 nitrogen and oxygen atoms in total. The van der Waals surface area contributed by atoms with Crippen molar-refractivity contribution >= 4 is 27.6 Å². The summed E-state index contributed by atoms with van der Waals surface area (Å²) in [6.07, 6.45) is 5.24. The lowest BCUT2D eigenvalue weighted by molar-refractivity contribution is -0.129. The molecule has 0 bridgehead atoms. The molecule has 0 radical (unpaired) electrons. The lowest BCUT2D eigenvalue weighted by Gasteiger charge is -2.26. The number of benzene rings is 1. The van der Waals surface area contributed by atoms with Gasteiger partial charge in [0.25, 0.3) is 10.0 Å². The number of sulfonamides is 1. The predicted molar refractivity (Wildman–Crippen MR) is 116 cm³/mol. The van der Waals surface area contributed by atoms with Gasteiger partial charge in [-0.25, -0.2) is 17.9 Å². The Morgan fingerprint density at radius 1 is 1.13 bits per heavy atom. The lowest BCUT2D eigenvalue weighted by Crippen LogP contribution is -2.45. The number of nitrogens with zero attached hydrogens (tertiary/aromatic N) is 2. The molecule has 1 aliphatic carbocycles. The van der Waals surface area contributed by atoms with Crippen LogP contribution in [0.3, 0.4) is 0 Å². The maximum absolute atomic E-state index is 12.5. The minimum absolute atomic E-state index is 0.00764. The highest BCUT2D eigenvalue weighted by Crippen LogP contribution is 2.23. The quantitative estimate of drug-likeness (QED) is 0.612. The highest BCUT2D eigenvalue weighted by molar-refractivity contribution is 7.90. The molecule has 31 heavy (non-hydrogen) atoms. The summed E-state index contributed by atoms with van der Waals surface area (Å²) in [6, 6.07) is 6.85. The van der Waals surface area contributed by atoms with Gasteiger partial charge in [0, 0.05) is 18.3 Å². The Morgan fingerprint density at radius 2 is 1.81 bits per heavy atom. The van der Waals surface area contributed by atoms with E-state index in [1.807, 2.05) is 0 Å². The first-order valence-corrected chi connectivity index (χ1v) is 12.1. The highest BCUT2D eigenvalue weighted by atomic mass is 32.2. The van der Waals surface area contributed by atoms with E-state index in [2.05, 4.69) is 28.3 Å².